The van der Waals surface area contributed by atoms with Gasteiger partial charge < -0.3 is 15.7 Å². The summed E-state index contributed by atoms with van der Waals surface area (Å²) < 4.78 is 0. The number of aliphatic carboxylic acids is 1. The van der Waals surface area contributed by atoms with Gasteiger partial charge in [0.1, 0.15) is 5.00 Å². The first-order chi connectivity index (χ1) is 9.85. The minimum absolute atomic E-state index is 0.0586. The molecule has 0 spiro atoms. The van der Waals surface area contributed by atoms with Crippen molar-refractivity contribution in [2.24, 2.45) is 5.92 Å². The number of carbonyl (C=O) groups is 3. The van der Waals surface area contributed by atoms with Crippen molar-refractivity contribution in [3.63, 3.8) is 0 Å². The average Bonchev–Trinajstić information content (AvgIpc) is 2.81. The van der Waals surface area contributed by atoms with E-state index in [1.165, 1.54) is 11.3 Å². The molecule has 0 aliphatic rings. The van der Waals surface area contributed by atoms with Gasteiger partial charge in [0.05, 0.1) is 12.0 Å². The predicted octanol–water partition coefficient (Wildman–Crippen LogP) is 2.11. The van der Waals surface area contributed by atoms with Gasteiger partial charge in [0.15, 0.2) is 0 Å². The molecule has 7 heteroatoms. The highest BCUT2D eigenvalue weighted by atomic mass is 32.1. The zero-order valence-electron chi connectivity index (χ0n) is 12.4. The molecule has 116 valence electrons. The first kappa shape index (κ1) is 17.2. The molecule has 1 heterocycles. The summed E-state index contributed by atoms with van der Waals surface area (Å²) in [6, 6.07) is 1.73. The van der Waals surface area contributed by atoms with E-state index in [0.717, 1.165) is 11.3 Å². The normalized spacial score (nSPS) is 10.5. The number of hydrogen-bond donors (Lipinski definition) is 3. The van der Waals surface area contributed by atoms with Crippen LogP contribution >= 0.6 is 11.3 Å². The largest absolute Gasteiger partial charge is 0.481 e. The second-order valence-electron chi connectivity index (χ2n) is 4.85. The summed E-state index contributed by atoms with van der Waals surface area (Å²) in [5.41, 5.74) is 0.385. The first-order valence-electron chi connectivity index (χ1n) is 6.78. The number of rotatable bonds is 7. The maximum atomic E-state index is 12.1. The van der Waals surface area contributed by atoms with Crippen LogP contribution in [-0.2, 0) is 16.0 Å². The Hall–Kier alpha value is -1.89. The summed E-state index contributed by atoms with van der Waals surface area (Å²) in [7, 11) is 0. The molecule has 1 rings (SSSR count). The van der Waals surface area contributed by atoms with Crippen LogP contribution in [0, 0.1) is 5.92 Å². The average molecular weight is 312 g/mol. The second kappa shape index (κ2) is 7.78. The number of hydrogen-bond acceptors (Lipinski definition) is 4. The van der Waals surface area contributed by atoms with Crippen molar-refractivity contribution in [2.45, 2.75) is 33.6 Å². The summed E-state index contributed by atoms with van der Waals surface area (Å²) in [6.45, 7) is 5.57. The molecule has 3 N–H and O–H groups in total. The van der Waals surface area contributed by atoms with E-state index in [-0.39, 0.29) is 30.7 Å². The Labute approximate surface area is 127 Å². The van der Waals surface area contributed by atoms with Crippen molar-refractivity contribution in [1.82, 2.24) is 5.32 Å². The quantitative estimate of drug-likeness (QED) is 0.718. The smallest absolute Gasteiger partial charge is 0.305 e. The third-order valence-corrected chi connectivity index (χ3v) is 3.96. The summed E-state index contributed by atoms with van der Waals surface area (Å²) in [4.78, 5) is 35.3. The van der Waals surface area contributed by atoms with Gasteiger partial charge in [-0.05, 0) is 12.5 Å². The molecule has 0 fully saturated rings. The van der Waals surface area contributed by atoms with Gasteiger partial charge in [-0.25, -0.2) is 0 Å². The molecule has 0 radical (unpaired) electrons. The Morgan fingerprint density at radius 2 is 2.00 bits per heavy atom. The molecule has 21 heavy (non-hydrogen) atoms. The van der Waals surface area contributed by atoms with Crippen LogP contribution in [0.4, 0.5) is 5.00 Å². The lowest BCUT2D eigenvalue weighted by atomic mass is 10.2. The SMILES string of the molecule is CCc1cc(C(=O)NCCC(=O)O)c(NC(=O)C(C)C)s1. The Balaban J connectivity index is 2.84. The Kier molecular flexibility index (Phi) is 6.36. The van der Waals surface area contributed by atoms with E-state index in [9.17, 15) is 14.4 Å². The maximum absolute atomic E-state index is 12.1. The molecule has 6 nitrogen and oxygen atoms in total. The zero-order chi connectivity index (χ0) is 16.0. The summed E-state index contributed by atoms with van der Waals surface area (Å²) >= 11 is 1.36. The van der Waals surface area contributed by atoms with Crippen molar-refractivity contribution in [3.05, 3.63) is 16.5 Å². The van der Waals surface area contributed by atoms with Gasteiger partial charge >= 0.3 is 5.97 Å². The fourth-order valence-corrected chi connectivity index (χ4v) is 2.51. The topological polar surface area (TPSA) is 95.5 Å². The van der Waals surface area contributed by atoms with Crippen LogP contribution < -0.4 is 10.6 Å². The van der Waals surface area contributed by atoms with Gasteiger partial charge in [0.25, 0.3) is 5.91 Å². The fourth-order valence-electron chi connectivity index (χ4n) is 1.51. The van der Waals surface area contributed by atoms with E-state index < -0.39 is 5.97 Å². The number of anilines is 1. The summed E-state index contributed by atoms with van der Waals surface area (Å²) in [6.07, 6.45) is 0.627. The summed E-state index contributed by atoms with van der Waals surface area (Å²) in [5.74, 6) is -1.67. The molecule has 0 aromatic carbocycles. The van der Waals surface area contributed by atoms with E-state index in [1.54, 1.807) is 19.9 Å². The van der Waals surface area contributed by atoms with Crippen molar-refractivity contribution in [2.75, 3.05) is 11.9 Å². The van der Waals surface area contributed by atoms with Gasteiger partial charge in [-0.2, -0.15) is 0 Å². The maximum Gasteiger partial charge on any atom is 0.305 e. The Morgan fingerprint density at radius 1 is 1.33 bits per heavy atom. The van der Waals surface area contributed by atoms with Crippen molar-refractivity contribution < 1.29 is 19.5 Å². The third-order valence-electron chi connectivity index (χ3n) is 2.76. The lowest BCUT2D eigenvalue weighted by Crippen LogP contribution is -2.27. The standard InChI is InChI=1S/C14H20N2O4S/c1-4-9-7-10(13(20)15-6-5-11(17)18)14(21-9)16-12(19)8(2)3/h7-8H,4-6H2,1-3H3,(H,15,20)(H,16,19)(H,17,18). The van der Waals surface area contributed by atoms with Gasteiger partial charge in [-0.3, -0.25) is 14.4 Å². The van der Waals surface area contributed by atoms with Gasteiger partial charge in [-0.1, -0.05) is 20.8 Å². The van der Waals surface area contributed by atoms with Crippen LogP contribution in [0.15, 0.2) is 6.07 Å². The third kappa shape index (κ3) is 5.18. The molecule has 0 unspecified atom stereocenters. The highest BCUT2D eigenvalue weighted by Crippen LogP contribution is 2.29. The van der Waals surface area contributed by atoms with Crippen molar-refractivity contribution >= 4 is 34.1 Å². The van der Waals surface area contributed by atoms with Crippen molar-refractivity contribution in [3.8, 4) is 0 Å². The number of carboxylic acids is 1. The van der Waals surface area contributed by atoms with Crippen LogP contribution in [0.25, 0.3) is 0 Å². The van der Waals surface area contributed by atoms with E-state index in [0.29, 0.717) is 10.6 Å². The molecule has 1 aromatic heterocycles. The molecule has 0 aliphatic heterocycles. The van der Waals surface area contributed by atoms with Crippen LogP contribution in [0.1, 0.15) is 42.4 Å². The minimum atomic E-state index is -0.969. The van der Waals surface area contributed by atoms with Gasteiger partial charge in [0.2, 0.25) is 5.91 Å². The van der Waals surface area contributed by atoms with Crippen LogP contribution in [0.5, 0.6) is 0 Å². The zero-order valence-corrected chi connectivity index (χ0v) is 13.2. The molecule has 0 saturated carbocycles. The number of aryl methyl sites for hydroxylation is 1. The lowest BCUT2D eigenvalue weighted by molar-refractivity contribution is -0.136. The highest BCUT2D eigenvalue weighted by Gasteiger charge is 2.18. The van der Waals surface area contributed by atoms with Crippen LogP contribution in [0.3, 0.4) is 0 Å². The molecule has 0 bridgehead atoms. The molecule has 2 amide bonds. The Bertz CT molecular complexity index is 537. The number of carbonyl (C=O) groups excluding carboxylic acids is 2. The van der Waals surface area contributed by atoms with E-state index in [2.05, 4.69) is 10.6 Å². The van der Waals surface area contributed by atoms with Crippen molar-refractivity contribution in [1.29, 1.82) is 0 Å². The predicted molar refractivity (Wildman–Crippen MR) is 81.8 cm³/mol. The molecule has 0 atom stereocenters. The Morgan fingerprint density at radius 3 is 2.52 bits per heavy atom. The number of thiophene rings is 1. The van der Waals surface area contributed by atoms with Crippen LogP contribution in [-0.4, -0.2) is 29.4 Å². The van der Waals surface area contributed by atoms with E-state index >= 15 is 0 Å². The minimum Gasteiger partial charge on any atom is -0.481 e. The van der Waals surface area contributed by atoms with Crippen LogP contribution in [0.2, 0.25) is 0 Å². The monoisotopic (exact) mass is 312 g/mol. The number of amides is 2. The van der Waals surface area contributed by atoms with Gasteiger partial charge in [0, 0.05) is 17.3 Å². The molecular weight excluding hydrogens is 292 g/mol. The van der Waals surface area contributed by atoms with E-state index in [1.807, 2.05) is 6.92 Å². The fraction of sp³-hybridized carbons (Fsp3) is 0.500. The van der Waals surface area contributed by atoms with Gasteiger partial charge in [-0.15, -0.1) is 11.3 Å². The second-order valence-corrected chi connectivity index (χ2v) is 5.99. The number of nitrogens with one attached hydrogen (secondary N) is 2. The molecule has 0 saturated heterocycles. The lowest BCUT2D eigenvalue weighted by Gasteiger charge is -2.08. The first-order valence-corrected chi connectivity index (χ1v) is 7.60. The summed E-state index contributed by atoms with van der Waals surface area (Å²) in [5, 5.41) is 14.4. The molecule has 1 aromatic rings. The number of carboxylic acid groups (broad SMARTS) is 1. The molecular formula is C14H20N2O4S. The van der Waals surface area contributed by atoms with E-state index in [4.69, 9.17) is 5.11 Å². The molecule has 0 aliphatic carbocycles. The highest BCUT2D eigenvalue weighted by molar-refractivity contribution is 7.16.